The van der Waals surface area contributed by atoms with E-state index in [0.717, 1.165) is 6.42 Å². The molecule has 0 bridgehead atoms. The zero-order valence-electron chi connectivity index (χ0n) is 10.2. The highest BCUT2D eigenvalue weighted by Gasteiger charge is 2.37. The van der Waals surface area contributed by atoms with Crippen molar-refractivity contribution in [3.8, 4) is 0 Å². The molecule has 1 aliphatic carbocycles. The normalized spacial score (nSPS) is 31.1. The molecule has 0 saturated carbocycles. The Kier molecular flexibility index (Phi) is 2.49. The zero-order valence-corrected chi connectivity index (χ0v) is 10.2. The summed E-state index contributed by atoms with van der Waals surface area (Å²) in [5, 5.41) is 3.56. The summed E-state index contributed by atoms with van der Waals surface area (Å²) in [6, 6.07) is 0. The fourth-order valence-corrected chi connectivity index (χ4v) is 2.61. The van der Waals surface area contributed by atoms with Crippen LogP contribution in [0.25, 0.3) is 0 Å². The van der Waals surface area contributed by atoms with Crippen LogP contribution in [0.3, 0.4) is 0 Å². The van der Waals surface area contributed by atoms with Gasteiger partial charge >= 0.3 is 0 Å². The van der Waals surface area contributed by atoms with Crippen LogP contribution in [0, 0.1) is 5.92 Å². The van der Waals surface area contributed by atoms with Crippen molar-refractivity contribution < 1.29 is 0 Å². The van der Waals surface area contributed by atoms with Crippen LogP contribution in [-0.4, -0.2) is 5.54 Å². The third-order valence-electron chi connectivity index (χ3n) is 3.76. The van der Waals surface area contributed by atoms with Gasteiger partial charge in [0.2, 0.25) is 0 Å². The predicted octanol–water partition coefficient (Wildman–Crippen LogP) is 3.55. The second-order valence-corrected chi connectivity index (χ2v) is 5.16. The molecule has 2 unspecified atom stereocenters. The van der Waals surface area contributed by atoms with E-state index in [0.29, 0.717) is 5.92 Å². The molecule has 15 heavy (non-hydrogen) atoms. The van der Waals surface area contributed by atoms with E-state index in [1.807, 2.05) is 0 Å². The first kappa shape index (κ1) is 10.5. The quantitative estimate of drug-likeness (QED) is 0.723. The predicted molar refractivity (Wildman–Crippen MR) is 65.5 cm³/mol. The summed E-state index contributed by atoms with van der Waals surface area (Å²) in [5.41, 5.74) is 4.64. The average Bonchev–Trinajstić information content (AvgIpc) is 2.53. The molecule has 1 nitrogen and oxygen atoms in total. The summed E-state index contributed by atoms with van der Waals surface area (Å²) >= 11 is 0. The summed E-state index contributed by atoms with van der Waals surface area (Å²) in [4.78, 5) is 0. The molecule has 0 aromatic carbocycles. The maximum absolute atomic E-state index is 3.56. The molecule has 0 radical (unpaired) electrons. The number of hydrogen-bond acceptors (Lipinski definition) is 1. The van der Waals surface area contributed by atoms with E-state index in [-0.39, 0.29) is 5.54 Å². The second-order valence-electron chi connectivity index (χ2n) is 5.16. The molecule has 1 heteroatoms. The molecular weight excluding hydrogens is 182 g/mol. The van der Waals surface area contributed by atoms with Gasteiger partial charge in [-0.25, -0.2) is 0 Å². The van der Waals surface area contributed by atoms with Crippen LogP contribution in [0.5, 0.6) is 0 Å². The van der Waals surface area contributed by atoms with Crippen LogP contribution in [0.4, 0.5) is 0 Å². The molecule has 82 valence electrons. The summed E-state index contributed by atoms with van der Waals surface area (Å²) in [5.74, 6) is 0.664. The lowest BCUT2D eigenvalue weighted by Gasteiger charge is -2.32. The highest BCUT2D eigenvalue weighted by Crippen LogP contribution is 2.40. The van der Waals surface area contributed by atoms with Crippen molar-refractivity contribution in [1.29, 1.82) is 0 Å². The maximum atomic E-state index is 3.56. The van der Waals surface area contributed by atoms with Crippen LogP contribution in [0.1, 0.15) is 40.5 Å². The van der Waals surface area contributed by atoms with Gasteiger partial charge in [-0.1, -0.05) is 31.6 Å². The standard InChI is InChI=1S/C14H21N/c1-5-11(3)12-9-15-14(4)8-10(2)6-7-13(12)14/h6-7,9,11,15H,5,8H2,1-4H3. The Morgan fingerprint density at radius 2 is 2.20 bits per heavy atom. The van der Waals surface area contributed by atoms with Gasteiger partial charge in [0.1, 0.15) is 0 Å². The first-order valence-electron chi connectivity index (χ1n) is 5.93. The SMILES string of the molecule is CCC(C)C1=CNC2(C)CC(C)=CC=C12. The van der Waals surface area contributed by atoms with E-state index < -0.39 is 0 Å². The molecule has 2 atom stereocenters. The lowest BCUT2D eigenvalue weighted by atomic mass is 9.78. The molecule has 0 aromatic rings. The Hall–Kier alpha value is -0.980. The molecule has 0 amide bonds. The highest BCUT2D eigenvalue weighted by molar-refractivity contribution is 5.51. The minimum absolute atomic E-state index is 0.164. The van der Waals surface area contributed by atoms with Crippen molar-refractivity contribution in [2.75, 3.05) is 0 Å². The van der Waals surface area contributed by atoms with Crippen molar-refractivity contribution in [2.45, 2.75) is 46.1 Å². The lowest BCUT2D eigenvalue weighted by molar-refractivity contribution is 0.484. The molecule has 2 aliphatic rings. The average molecular weight is 203 g/mol. The zero-order chi connectivity index (χ0) is 11.1. The van der Waals surface area contributed by atoms with Crippen LogP contribution in [-0.2, 0) is 0 Å². The smallest absolute Gasteiger partial charge is 0.0632 e. The number of fused-ring (bicyclic) bond motifs is 1. The van der Waals surface area contributed by atoms with Gasteiger partial charge in [-0.3, -0.25) is 0 Å². The van der Waals surface area contributed by atoms with E-state index in [9.17, 15) is 0 Å². The number of rotatable bonds is 2. The minimum Gasteiger partial charge on any atom is -0.381 e. The topological polar surface area (TPSA) is 12.0 Å². The summed E-state index contributed by atoms with van der Waals surface area (Å²) < 4.78 is 0. The van der Waals surface area contributed by atoms with Crippen molar-refractivity contribution in [3.63, 3.8) is 0 Å². The van der Waals surface area contributed by atoms with E-state index in [1.165, 1.54) is 23.1 Å². The number of allylic oxidation sites excluding steroid dienone is 2. The van der Waals surface area contributed by atoms with E-state index in [1.54, 1.807) is 0 Å². The molecule has 0 aromatic heterocycles. The molecule has 1 aliphatic heterocycles. The molecule has 1 N–H and O–H groups in total. The van der Waals surface area contributed by atoms with Crippen molar-refractivity contribution >= 4 is 0 Å². The van der Waals surface area contributed by atoms with E-state index in [2.05, 4.69) is 51.4 Å². The number of hydrogen-bond donors (Lipinski definition) is 1. The Bertz CT molecular complexity index is 360. The second kappa shape index (κ2) is 3.55. The first-order chi connectivity index (χ1) is 7.07. The Labute approximate surface area is 93.0 Å². The van der Waals surface area contributed by atoms with E-state index >= 15 is 0 Å². The number of nitrogens with one attached hydrogen (secondary N) is 1. The minimum atomic E-state index is 0.164. The van der Waals surface area contributed by atoms with Gasteiger partial charge in [-0.15, -0.1) is 0 Å². The monoisotopic (exact) mass is 203 g/mol. The lowest BCUT2D eigenvalue weighted by Crippen LogP contribution is -2.38. The summed E-state index contributed by atoms with van der Waals surface area (Å²) in [6.45, 7) is 9.08. The van der Waals surface area contributed by atoms with Crippen molar-refractivity contribution in [1.82, 2.24) is 5.32 Å². The van der Waals surface area contributed by atoms with E-state index in [4.69, 9.17) is 0 Å². The third-order valence-corrected chi connectivity index (χ3v) is 3.76. The molecular formula is C14H21N. The van der Waals surface area contributed by atoms with Gasteiger partial charge in [-0.05, 0) is 43.8 Å². The van der Waals surface area contributed by atoms with Gasteiger partial charge in [0.25, 0.3) is 0 Å². The molecule has 1 heterocycles. The molecule has 0 fully saturated rings. The summed E-state index contributed by atoms with van der Waals surface area (Å²) in [7, 11) is 0. The van der Waals surface area contributed by atoms with Crippen LogP contribution in [0.15, 0.2) is 35.1 Å². The Morgan fingerprint density at radius 3 is 2.87 bits per heavy atom. The highest BCUT2D eigenvalue weighted by atomic mass is 15.0. The third kappa shape index (κ3) is 1.64. The van der Waals surface area contributed by atoms with Gasteiger partial charge < -0.3 is 5.32 Å². The van der Waals surface area contributed by atoms with Gasteiger partial charge in [0.15, 0.2) is 0 Å². The van der Waals surface area contributed by atoms with Gasteiger partial charge in [0.05, 0.1) is 5.54 Å². The maximum Gasteiger partial charge on any atom is 0.0632 e. The molecule has 0 saturated heterocycles. The molecule has 0 spiro atoms. The van der Waals surface area contributed by atoms with Crippen LogP contribution >= 0.6 is 0 Å². The van der Waals surface area contributed by atoms with Crippen LogP contribution < -0.4 is 5.32 Å². The fraction of sp³-hybridized carbons (Fsp3) is 0.571. The fourth-order valence-electron chi connectivity index (χ4n) is 2.61. The molecule has 2 rings (SSSR count). The largest absolute Gasteiger partial charge is 0.381 e. The van der Waals surface area contributed by atoms with Crippen LogP contribution in [0.2, 0.25) is 0 Å². The van der Waals surface area contributed by atoms with Gasteiger partial charge in [0, 0.05) is 6.20 Å². The van der Waals surface area contributed by atoms with Gasteiger partial charge in [-0.2, -0.15) is 0 Å². The summed E-state index contributed by atoms with van der Waals surface area (Å²) in [6.07, 6.45) is 9.14. The first-order valence-corrected chi connectivity index (χ1v) is 5.93. The van der Waals surface area contributed by atoms with Crippen molar-refractivity contribution in [3.05, 3.63) is 35.1 Å². The Morgan fingerprint density at radius 1 is 1.47 bits per heavy atom. The Balaban J connectivity index is 2.33. The van der Waals surface area contributed by atoms with Crippen molar-refractivity contribution in [2.24, 2.45) is 5.92 Å².